The molecule has 0 aromatic heterocycles. The van der Waals surface area contributed by atoms with Crippen LogP contribution < -0.4 is 0 Å². The van der Waals surface area contributed by atoms with Crippen molar-refractivity contribution in [2.75, 3.05) is 13.7 Å². The molecule has 1 aromatic rings. The van der Waals surface area contributed by atoms with Gasteiger partial charge in [-0.3, -0.25) is 0 Å². The van der Waals surface area contributed by atoms with Crippen LogP contribution in [0.5, 0.6) is 0 Å². The smallest absolute Gasteiger partial charge is 0.337 e. The maximum absolute atomic E-state index is 11.3. The molecule has 98 valence electrons. The van der Waals surface area contributed by atoms with Crippen LogP contribution >= 0.6 is 0 Å². The Balaban J connectivity index is 3.10. The highest BCUT2D eigenvalue weighted by Crippen LogP contribution is 2.26. The van der Waals surface area contributed by atoms with E-state index in [0.717, 1.165) is 5.56 Å². The number of rotatable bonds is 4. The largest absolute Gasteiger partial charge is 0.465 e. The zero-order valence-electron chi connectivity index (χ0n) is 11.4. The van der Waals surface area contributed by atoms with Crippen molar-refractivity contribution in [3.8, 4) is 0 Å². The van der Waals surface area contributed by atoms with E-state index >= 15 is 0 Å². The van der Waals surface area contributed by atoms with Gasteiger partial charge < -0.3 is 9.84 Å². The fourth-order valence-electron chi connectivity index (χ4n) is 1.85. The Labute approximate surface area is 109 Å². The van der Waals surface area contributed by atoms with Crippen molar-refractivity contribution in [2.24, 2.45) is 0 Å². The molecule has 1 aromatic carbocycles. The summed E-state index contributed by atoms with van der Waals surface area (Å²) in [5, 5.41) is 10.3. The van der Waals surface area contributed by atoms with Crippen LogP contribution in [0.3, 0.4) is 0 Å². The van der Waals surface area contributed by atoms with Gasteiger partial charge in [0.15, 0.2) is 0 Å². The van der Waals surface area contributed by atoms with Crippen molar-refractivity contribution < 1.29 is 14.6 Å². The quantitative estimate of drug-likeness (QED) is 0.672. The van der Waals surface area contributed by atoms with Crippen LogP contribution in [-0.4, -0.2) is 32.9 Å². The van der Waals surface area contributed by atoms with Crippen molar-refractivity contribution in [3.63, 3.8) is 0 Å². The van der Waals surface area contributed by atoms with Gasteiger partial charge in [0.1, 0.15) is 0 Å². The second-order valence-corrected chi connectivity index (χ2v) is 10.2. The van der Waals surface area contributed by atoms with E-state index in [1.165, 1.54) is 12.3 Å². The molecule has 0 spiro atoms. The third-order valence-corrected chi connectivity index (χ3v) is 4.83. The molecule has 0 heterocycles. The first-order valence-electron chi connectivity index (χ1n) is 5.90. The Morgan fingerprint density at radius 2 is 1.72 bits per heavy atom. The molecular weight excluding hydrogens is 244 g/mol. The van der Waals surface area contributed by atoms with Crippen LogP contribution in [0.25, 0.3) is 5.20 Å². The number of esters is 1. The molecule has 0 aliphatic rings. The summed E-state index contributed by atoms with van der Waals surface area (Å²) < 4.78 is 4.67. The summed E-state index contributed by atoms with van der Waals surface area (Å²) in [6.45, 7) is 6.71. The Morgan fingerprint density at radius 3 is 2.11 bits per heavy atom. The molecule has 0 fully saturated rings. The molecule has 0 atom stereocenters. The molecule has 18 heavy (non-hydrogen) atoms. The molecule has 0 bridgehead atoms. The van der Waals surface area contributed by atoms with E-state index in [1.807, 2.05) is 18.2 Å². The van der Waals surface area contributed by atoms with E-state index < -0.39 is 8.07 Å². The van der Waals surface area contributed by atoms with Crippen molar-refractivity contribution in [3.05, 3.63) is 41.5 Å². The second-order valence-electron chi connectivity index (χ2n) is 5.12. The summed E-state index contributed by atoms with van der Waals surface area (Å²) in [4.78, 5) is 11.3. The molecule has 0 amide bonds. The van der Waals surface area contributed by atoms with Gasteiger partial charge in [-0.15, -0.1) is 0 Å². The van der Waals surface area contributed by atoms with E-state index in [0.29, 0.717) is 5.56 Å². The van der Waals surface area contributed by atoms with Gasteiger partial charge in [0.2, 0.25) is 0 Å². The SMILES string of the molecule is COC(=O)c1ccc(/C(=C/CO)[Si](C)(C)C)cc1. The Morgan fingerprint density at radius 1 is 1.22 bits per heavy atom. The van der Waals surface area contributed by atoms with Crippen LogP contribution in [0.1, 0.15) is 15.9 Å². The van der Waals surface area contributed by atoms with E-state index in [-0.39, 0.29) is 12.6 Å². The first kappa shape index (κ1) is 14.7. The molecule has 0 saturated heterocycles. The van der Waals surface area contributed by atoms with Crippen LogP contribution in [0, 0.1) is 0 Å². The average Bonchev–Trinajstić information content (AvgIpc) is 2.34. The number of aliphatic hydroxyl groups is 1. The maximum Gasteiger partial charge on any atom is 0.337 e. The van der Waals surface area contributed by atoms with Gasteiger partial charge in [0, 0.05) is 0 Å². The van der Waals surface area contributed by atoms with E-state index in [4.69, 9.17) is 5.11 Å². The lowest BCUT2D eigenvalue weighted by molar-refractivity contribution is 0.0600. The molecule has 0 saturated carbocycles. The lowest BCUT2D eigenvalue weighted by Gasteiger charge is -2.21. The number of methoxy groups -OCH3 is 1. The Kier molecular flexibility index (Phi) is 4.87. The highest BCUT2D eigenvalue weighted by atomic mass is 28.3. The first-order chi connectivity index (χ1) is 8.40. The fraction of sp³-hybridized carbons (Fsp3) is 0.357. The van der Waals surface area contributed by atoms with Crippen molar-refractivity contribution in [2.45, 2.75) is 19.6 Å². The fourth-order valence-corrected chi connectivity index (χ4v) is 3.59. The van der Waals surface area contributed by atoms with Gasteiger partial charge >= 0.3 is 5.97 Å². The van der Waals surface area contributed by atoms with Gasteiger partial charge in [0.05, 0.1) is 27.4 Å². The predicted molar refractivity (Wildman–Crippen MR) is 76.2 cm³/mol. The summed E-state index contributed by atoms with van der Waals surface area (Å²) in [7, 11) is -0.146. The summed E-state index contributed by atoms with van der Waals surface area (Å²) >= 11 is 0. The molecule has 0 radical (unpaired) electrons. The number of carbonyl (C=O) groups excluding carboxylic acids is 1. The van der Waals surface area contributed by atoms with E-state index in [9.17, 15) is 4.79 Å². The molecular formula is C14H20O3Si. The van der Waals surface area contributed by atoms with Crippen molar-refractivity contribution in [1.82, 2.24) is 0 Å². The predicted octanol–water partition coefficient (Wildman–Crippen LogP) is 2.73. The summed E-state index contributed by atoms with van der Waals surface area (Å²) in [6, 6.07) is 7.33. The number of aliphatic hydroxyl groups excluding tert-OH is 1. The molecule has 0 aliphatic carbocycles. The van der Waals surface area contributed by atoms with Gasteiger partial charge in [0.25, 0.3) is 0 Å². The highest BCUT2D eigenvalue weighted by molar-refractivity contribution is 6.93. The normalized spacial score (nSPS) is 12.4. The van der Waals surface area contributed by atoms with Crippen molar-refractivity contribution in [1.29, 1.82) is 0 Å². The first-order valence-corrected chi connectivity index (χ1v) is 9.40. The zero-order chi connectivity index (χ0) is 13.8. The third-order valence-electron chi connectivity index (χ3n) is 2.72. The van der Waals surface area contributed by atoms with Crippen LogP contribution in [-0.2, 0) is 4.74 Å². The number of hydrogen-bond donors (Lipinski definition) is 1. The third kappa shape index (κ3) is 3.55. The van der Waals surface area contributed by atoms with E-state index in [2.05, 4.69) is 24.4 Å². The van der Waals surface area contributed by atoms with Gasteiger partial charge in [-0.25, -0.2) is 4.79 Å². The summed E-state index contributed by atoms with van der Waals surface area (Å²) in [5.74, 6) is -0.331. The van der Waals surface area contributed by atoms with Crippen LogP contribution in [0.2, 0.25) is 19.6 Å². The second kappa shape index (κ2) is 5.98. The standard InChI is InChI=1S/C14H20O3Si/c1-17-14(16)12-7-5-11(6-8-12)13(9-10-15)18(2,3)4/h5-9,15H,10H2,1-4H3/b13-9-. The summed E-state index contributed by atoms with van der Waals surface area (Å²) in [5.41, 5.74) is 1.61. The highest BCUT2D eigenvalue weighted by Gasteiger charge is 2.20. The molecule has 0 aliphatic heterocycles. The maximum atomic E-state index is 11.3. The van der Waals surface area contributed by atoms with Crippen LogP contribution in [0.4, 0.5) is 0 Å². The zero-order valence-corrected chi connectivity index (χ0v) is 12.4. The van der Waals surface area contributed by atoms with Gasteiger partial charge in [-0.2, -0.15) is 0 Å². The lowest BCUT2D eigenvalue weighted by atomic mass is 10.1. The van der Waals surface area contributed by atoms with Gasteiger partial charge in [-0.05, 0) is 17.7 Å². The minimum Gasteiger partial charge on any atom is -0.465 e. The minimum absolute atomic E-state index is 0.0400. The Hall–Kier alpha value is -1.39. The minimum atomic E-state index is -1.52. The number of benzene rings is 1. The topological polar surface area (TPSA) is 46.5 Å². The monoisotopic (exact) mass is 264 g/mol. The number of carbonyl (C=O) groups is 1. The molecule has 0 unspecified atom stereocenters. The van der Waals surface area contributed by atoms with Crippen LogP contribution in [0.15, 0.2) is 30.3 Å². The Bertz CT molecular complexity index is 441. The molecule has 1 N–H and O–H groups in total. The molecule has 4 heteroatoms. The lowest BCUT2D eigenvalue weighted by Crippen LogP contribution is -2.23. The average molecular weight is 264 g/mol. The molecule has 3 nitrogen and oxygen atoms in total. The van der Waals surface area contributed by atoms with Crippen molar-refractivity contribution >= 4 is 19.2 Å². The molecule has 1 rings (SSSR count). The number of hydrogen-bond acceptors (Lipinski definition) is 3. The number of ether oxygens (including phenoxy) is 1. The summed E-state index contributed by atoms with van der Waals surface area (Å²) in [6.07, 6.45) is 1.86. The van der Waals surface area contributed by atoms with E-state index in [1.54, 1.807) is 12.1 Å². The van der Waals surface area contributed by atoms with Gasteiger partial charge in [-0.1, -0.05) is 43.0 Å².